The maximum Gasteiger partial charge on any atom is 0.128 e. The quantitative estimate of drug-likeness (QED) is 0.502. The summed E-state index contributed by atoms with van der Waals surface area (Å²) in [7, 11) is 0. The van der Waals surface area contributed by atoms with Crippen molar-refractivity contribution in [2.75, 3.05) is 6.61 Å². The van der Waals surface area contributed by atoms with E-state index in [1.54, 1.807) is 0 Å². The summed E-state index contributed by atoms with van der Waals surface area (Å²) >= 11 is 0. The van der Waals surface area contributed by atoms with E-state index < -0.39 is 0 Å². The van der Waals surface area contributed by atoms with Gasteiger partial charge in [-0.2, -0.15) is 0 Å². The molecule has 3 nitrogen and oxygen atoms in total. The van der Waals surface area contributed by atoms with Gasteiger partial charge in [-0.1, -0.05) is 12.1 Å². The Morgan fingerprint density at radius 3 is 2.56 bits per heavy atom. The first-order valence-electron chi connectivity index (χ1n) is 6.74. The molecule has 0 amide bonds. The minimum atomic E-state index is 0.620. The Morgan fingerprint density at radius 1 is 1.28 bits per heavy atom. The lowest BCUT2D eigenvalue weighted by atomic mass is 9.89. The largest absolute Gasteiger partial charge is 0.493 e. The fourth-order valence-corrected chi connectivity index (χ4v) is 2.43. The van der Waals surface area contributed by atoms with Crippen LogP contribution in [0.4, 0.5) is 0 Å². The molecule has 1 aliphatic carbocycles. The minimum absolute atomic E-state index is 0.620. The van der Waals surface area contributed by atoms with E-state index in [9.17, 15) is 0 Å². The maximum absolute atomic E-state index is 8.97. The van der Waals surface area contributed by atoms with Crippen LogP contribution < -0.4 is 4.74 Å². The monoisotopic (exact) mass is 247 g/mol. The minimum Gasteiger partial charge on any atom is -0.493 e. The molecule has 0 bridgehead atoms. The van der Waals surface area contributed by atoms with Gasteiger partial charge in [0.05, 0.1) is 12.3 Å². The summed E-state index contributed by atoms with van der Waals surface area (Å²) in [4.78, 5) is 0. The molecule has 1 aromatic rings. The van der Waals surface area contributed by atoms with Gasteiger partial charge in [-0.15, -0.1) is 0 Å². The molecule has 0 spiro atoms. The zero-order valence-electron chi connectivity index (χ0n) is 11.2. The third kappa shape index (κ3) is 2.66. The zero-order valence-corrected chi connectivity index (χ0v) is 11.2. The van der Waals surface area contributed by atoms with Crippen molar-refractivity contribution in [2.24, 2.45) is 5.16 Å². The van der Waals surface area contributed by atoms with Crippen LogP contribution in [0, 0.1) is 0 Å². The van der Waals surface area contributed by atoms with Crippen molar-refractivity contribution in [1.29, 1.82) is 0 Å². The highest BCUT2D eigenvalue weighted by atomic mass is 16.5. The highest BCUT2D eigenvalue weighted by Gasteiger charge is 2.16. The average molecular weight is 247 g/mol. The molecule has 18 heavy (non-hydrogen) atoms. The first-order valence-corrected chi connectivity index (χ1v) is 6.74. The number of ether oxygens (including phenoxy) is 1. The van der Waals surface area contributed by atoms with E-state index >= 15 is 0 Å². The number of rotatable bonds is 4. The lowest BCUT2D eigenvalue weighted by molar-refractivity contribution is 0.311. The highest BCUT2D eigenvalue weighted by molar-refractivity contribution is 6.01. The Balaban J connectivity index is 2.40. The number of hydrogen-bond donors (Lipinski definition) is 1. The number of oxime groups is 1. The van der Waals surface area contributed by atoms with Gasteiger partial charge in [0.25, 0.3) is 0 Å². The van der Waals surface area contributed by atoms with Crippen LogP contribution in [-0.2, 0) is 12.8 Å². The van der Waals surface area contributed by atoms with E-state index in [0.717, 1.165) is 30.6 Å². The Labute approximate surface area is 108 Å². The third-order valence-corrected chi connectivity index (χ3v) is 3.45. The maximum atomic E-state index is 8.97. The van der Waals surface area contributed by atoms with Crippen LogP contribution in [0.2, 0.25) is 0 Å². The fourth-order valence-electron chi connectivity index (χ4n) is 2.43. The molecule has 3 heteroatoms. The third-order valence-electron chi connectivity index (χ3n) is 3.45. The summed E-state index contributed by atoms with van der Waals surface area (Å²) in [6, 6.07) is 4.27. The van der Waals surface area contributed by atoms with Crippen molar-refractivity contribution < 1.29 is 9.94 Å². The smallest absolute Gasteiger partial charge is 0.128 e. The molecule has 0 saturated heterocycles. The average Bonchev–Trinajstić information content (AvgIpc) is 2.43. The molecule has 0 atom stereocenters. The normalized spacial score (nSPS) is 15.3. The van der Waals surface area contributed by atoms with Crippen molar-refractivity contribution in [1.82, 2.24) is 0 Å². The molecule has 98 valence electrons. The van der Waals surface area contributed by atoms with E-state index in [1.807, 2.05) is 6.92 Å². The summed E-state index contributed by atoms with van der Waals surface area (Å²) in [6.07, 6.45) is 5.73. The predicted molar refractivity (Wildman–Crippen MR) is 72.9 cm³/mol. The lowest BCUT2D eigenvalue weighted by Gasteiger charge is -2.19. The fraction of sp³-hybridized carbons (Fsp3) is 0.533. The second-order valence-electron chi connectivity index (χ2n) is 4.86. The summed E-state index contributed by atoms with van der Waals surface area (Å²) in [6.45, 7) is 4.60. The van der Waals surface area contributed by atoms with E-state index in [0.29, 0.717) is 12.3 Å². The van der Waals surface area contributed by atoms with Crippen molar-refractivity contribution >= 4 is 5.71 Å². The van der Waals surface area contributed by atoms with Gasteiger partial charge in [0.15, 0.2) is 0 Å². The first-order chi connectivity index (χ1) is 8.76. The topological polar surface area (TPSA) is 41.8 Å². The number of fused-ring (bicyclic) bond motifs is 1. The molecule has 2 rings (SSSR count). The molecule has 0 aromatic heterocycles. The van der Waals surface area contributed by atoms with Crippen LogP contribution in [0.25, 0.3) is 0 Å². The van der Waals surface area contributed by atoms with Crippen molar-refractivity contribution in [3.63, 3.8) is 0 Å². The Hall–Kier alpha value is -1.51. The molecule has 0 fully saturated rings. The van der Waals surface area contributed by atoms with Gasteiger partial charge in [0, 0.05) is 5.56 Å². The van der Waals surface area contributed by atoms with Gasteiger partial charge in [-0.05, 0) is 62.3 Å². The van der Waals surface area contributed by atoms with Gasteiger partial charge >= 0.3 is 0 Å². The van der Waals surface area contributed by atoms with Crippen LogP contribution in [0.5, 0.6) is 5.75 Å². The molecule has 0 radical (unpaired) electrons. The van der Waals surface area contributed by atoms with E-state index in [1.165, 1.54) is 24.0 Å². The number of benzene rings is 1. The van der Waals surface area contributed by atoms with E-state index in [4.69, 9.17) is 9.94 Å². The molecular weight excluding hydrogens is 226 g/mol. The number of hydrogen-bond acceptors (Lipinski definition) is 3. The van der Waals surface area contributed by atoms with Crippen LogP contribution in [-0.4, -0.2) is 17.5 Å². The van der Waals surface area contributed by atoms with Crippen LogP contribution in [0.1, 0.15) is 49.8 Å². The van der Waals surface area contributed by atoms with E-state index in [2.05, 4.69) is 24.2 Å². The zero-order chi connectivity index (χ0) is 13.0. The molecule has 0 heterocycles. The second kappa shape index (κ2) is 5.89. The molecule has 0 aliphatic heterocycles. The Kier molecular flexibility index (Phi) is 4.24. The summed E-state index contributed by atoms with van der Waals surface area (Å²) < 4.78 is 5.78. The van der Waals surface area contributed by atoms with Gasteiger partial charge in [0.2, 0.25) is 0 Å². The van der Waals surface area contributed by atoms with Gasteiger partial charge < -0.3 is 9.94 Å². The summed E-state index contributed by atoms with van der Waals surface area (Å²) in [5, 5.41) is 12.3. The first kappa shape index (κ1) is 12.9. The van der Waals surface area contributed by atoms with Crippen molar-refractivity contribution in [3.8, 4) is 5.75 Å². The Bertz CT molecular complexity index is 452. The van der Waals surface area contributed by atoms with E-state index in [-0.39, 0.29) is 0 Å². The molecule has 1 N–H and O–H groups in total. The van der Waals surface area contributed by atoms with Crippen LogP contribution >= 0.6 is 0 Å². The number of aryl methyl sites for hydroxylation is 2. The van der Waals surface area contributed by atoms with Crippen molar-refractivity contribution in [2.45, 2.75) is 46.0 Å². The van der Waals surface area contributed by atoms with Crippen LogP contribution in [0.15, 0.2) is 17.3 Å². The molecular formula is C15H21NO2. The predicted octanol–water partition coefficient (Wildman–Crippen LogP) is 3.55. The molecule has 0 saturated carbocycles. The standard InChI is InChI=1S/C15H21NO2/c1-3-8-18-15-10-13-7-5-4-6-12(13)9-14(15)11(2)16-17/h9-10,17H,3-8H2,1-2H3. The van der Waals surface area contributed by atoms with Gasteiger partial charge in [0.1, 0.15) is 5.75 Å². The second-order valence-corrected chi connectivity index (χ2v) is 4.86. The van der Waals surface area contributed by atoms with Gasteiger partial charge in [-0.3, -0.25) is 0 Å². The number of nitrogens with zero attached hydrogens (tertiary/aromatic N) is 1. The van der Waals surface area contributed by atoms with Crippen molar-refractivity contribution in [3.05, 3.63) is 28.8 Å². The molecule has 1 aromatic carbocycles. The molecule has 0 unspecified atom stereocenters. The molecule has 1 aliphatic rings. The highest BCUT2D eigenvalue weighted by Crippen LogP contribution is 2.29. The summed E-state index contributed by atoms with van der Waals surface area (Å²) in [5.74, 6) is 0.854. The van der Waals surface area contributed by atoms with Crippen LogP contribution in [0.3, 0.4) is 0 Å². The summed E-state index contributed by atoms with van der Waals surface area (Å²) in [5.41, 5.74) is 4.31. The lowest BCUT2D eigenvalue weighted by Crippen LogP contribution is -2.09. The SMILES string of the molecule is CCCOc1cc2c(cc1C(C)=NO)CCCC2. The van der Waals surface area contributed by atoms with Gasteiger partial charge in [-0.25, -0.2) is 0 Å². The Morgan fingerprint density at radius 2 is 1.94 bits per heavy atom.